The molecule has 1 amide bonds. The maximum absolute atomic E-state index is 12.7. The Hall–Kier alpha value is -3.12. The van der Waals surface area contributed by atoms with Crippen LogP contribution in [0.25, 0.3) is 10.9 Å². The van der Waals surface area contributed by atoms with E-state index in [2.05, 4.69) is 10.1 Å². The molecule has 30 heavy (non-hydrogen) atoms. The number of benzene rings is 2. The highest BCUT2D eigenvalue weighted by atomic mass is 35.5. The van der Waals surface area contributed by atoms with Gasteiger partial charge >= 0.3 is 0 Å². The molecule has 7 heteroatoms. The SMILES string of the molecule is CCC(=O)N1N=C(c2ccc(OC)cc2)C[C@@H]1c1cc2cccc(OC)c2nc1Cl. The fourth-order valence-corrected chi connectivity index (χ4v) is 3.93. The molecule has 0 bridgehead atoms. The lowest BCUT2D eigenvalue weighted by atomic mass is 9.98. The molecule has 0 fully saturated rings. The Morgan fingerprint density at radius 3 is 2.60 bits per heavy atom. The Labute approximate surface area is 180 Å². The molecule has 2 heterocycles. The Morgan fingerprint density at radius 1 is 1.17 bits per heavy atom. The van der Waals surface area contributed by atoms with E-state index in [0.717, 1.165) is 28.0 Å². The maximum atomic E-state index is 12.7. The normalized spacial score (nSPS) is 15.9. The van der Waals surface area contributed by atoms with Crippen molar-refractivity contribution in [1.29, 1.82) is 0 Å². The zero-order valence-electron chi connectivity index (χ0n) is 17.1. The topological polar surface area (TPSA) is 64.0 Å². The van der Waals surface area contributed by atoms with Gasteiger partial charge in [0.15, 0.2) is 0 Å². The first-order chi connectivity index (χ1) is 14.5. The Bertz CT molecular complexity index is 1130. The van der Waals surface area contributed by atoms with Crippen LogP contribution in [-0.4, -0.2) is 35.8 Å². The van der Waals surface area contributed by atoms with E-state index in [9.17, 15) is 4.79 Å². The highest BCUT2D eigenvalue weighted by Gasteiger charge is 2.34. The number of fused-ring (bicyclic) bond motifs is 1. The minimum absolute atomic E-state index is 0.0645. The van der Waals surface area contributed by atoms with Crippen LogP contribution in [0.2, 0.25) is 5.15 Å². The molecule has 1 aliphatic heterocycles. The lowest BCUT2D eigenvalue weighted by Gasteiger charge is -2.22. The highest BCUT2D eigenvalue weighted by Crippen LogP contribution is 2.38. The van der Waals surface area contributed by atoms with Crippen molar-refractivity contribution in [3.8, 4) is 11.5 Å². The van der Waals surface area contributed by atoms with Crippen LogP contribution in [-0.2, 0) is 4.79 Å². The third-order valence-corrected chi connectivity index (χ3v) is 5.56. The van der Waals surface area contributed by atoms with E-state index in [1.54, 1.807) is 14.2 Å². The lowest BCUT2D eigenvalue weighted by Crippen LogP contribution is -2.26. The van der Waals surface area contributed by atoms with Gasteiger partial charge < -0.3 is 9.47 Å². The van der Waals surface area contributed by atoms with Gasteiger partial charge in [-0.3, -0.25) is 4.79 Å². The van der Waals surface area contributed by atoms with Gasteiger partial charge in [-0.2, -0.15) is 5.10 Å². The number of hydrogen-bond donors (Lipinski definition) is 0. The molecule has 1 aliphatic rings. The summed E-state index contributed by atoms with van der Waals surface area (Å²) in [7, 11) is 3.23. The van der Waals surface area contributed by atoms with Gasteiger partial charge in [-0.15, -0.1) is 0 Å². The number of aromatic nitrogens is 1. The molecule has 0 saturated carbocycles. The van der Waals surface area contributed by atoms with E-state index >= 15 is 0 Å². The van der Waals surface area contributed by atoms with Crippen molar-refractivity contribution in [1.82, 2.24) is 9.99 Å². The van der Waals surface area contributed by atoms with Crippen LogP contribution < -0.4 is 9.47 Å². The van der Waals surface area contributed by atoms with E-state index < -0.39 is 0 Å². The van der Waals surface area contributed by atoms with Crippen LogP contribution in [0.15, 0.2) is 53.6 Å². The summed E-state index contributed by atoms with van der Waals surface area (Å²) in [6.07, 6.45) is 0.900. The predicted octanol–water partition coefficient (Wildman–Crippen LogP) is 4.99. The van der Waals surface area contributed by atoms with Crippen LogP contribution in [0.5, 0.6) is 11.5 Å². The Morgan fingerprint density at radius 2 is 1.93 bits per heavy atom. The number of hydrazone groups is 1. The summed E-state index contributed by atoms with van der Waals surface area (Å²) < 4.78 is 10.6. The van der Waals surface area contributed by atoms with E-state index in [4.69, 9.17) is 21.1 Å². The van der Waals surface area contributed by atoms with Crippen molar-refractivity contribution in [3.05, 3.63) is 64.8 Å². The summed E-state index contributed by atoms with van der Waals surface area (Å²) in [5.41, 5.74) is 3.23. The zero-order chi connectivity index (χ0) is 21.3. The summed E-state index contributed by atoms with van der Waals surface area (Å²) in [6, 6.07) is 15.0. The number of carbonyl (C=O) groups is 1. The molecule has 2 aromatic carbocycles. The van der Waals surface area contributed by atoms with Gasteiger partial charge in [-0.1, -0.05) is 30.7 Å². The zero-order valence-corrected chi connectivity index (χ0v) is 17.8. The van der Waals surface area contributed by atoms with Crippen LogP contribution in [0.1, 0.15) is 36.9 Å². The van der Waals surface area contributed by atoms with Gasteiger partial charge in [-0.05, 0) is 42.0 Å². The van der Waals surface area contributed by atoms with Crippen molar-refractivity contribution in [2.45, 2.75) is 25.8 Å². The van der Waals surface area contributed by atoms with Crippen molar-refractivity contribution < 1.29 is 14.3 Å². The fraction of sp³-hybridized carbons (Fsp3) is 0.261. The maximum Gasteiger partial charge on any atom is 0.242 e. The summed E-state index contributed by atoms with van der Waals surface area (Å²) in [5.74, 6) is 1.36. The first kappa shape index (κ1) is 20.2. The number of rotatable bonds is 5. The van der Waals surface area contributed by atoms with E-state index in [1.165, 1.54) is 5.01 Å². The number of pyridine rings is 1. The smallest absolute Gasteiger partial charge is 0.242 e. The van der Waals surface area contributed by atoms with Crippen molar-refractivity contribution in [3.63, 3.8) is 0 Å². The molecule has 0 radical (unpaired) electrons. The van der Waals surface area contributed by atoms with Crippen molar-refractivity contribution >= 4 is 34.1 Å². The number of amides is 1. The van der Waals surface area contributed by atoms with Gasteiger partial charge in [0, 0.05) is 23.8 Å². The monoisotopic (exact) mass is 423 g/mol. The quantitative estimate of drug-likeness (QED) is 0.542. The summed E-state index contributed by atoms with van der Waals surface area (Å²) in [4.78, 5) is 17.2. The standard InChI is InChI=1S/C23H22ClN3O3/c1-4-21(28)27-19(13-18(26-27)14-8-10-16(29-2)11-9-14)17-12-15-6-5-7-20(30-3)22(15)25-23(17)24/h5-12,19H,4,13H2,1-3H3/t19-/m1/s1. The summed E-state index contributed by atoms with van der Waals surface area (Å²) in [6.45, 7) is 1.82. The van der Waals surface area contributed by atoms with Crippen LogP contribution in [0.4, 0.5) is 0 Å². The number of ether oxygens (including phenoxy) is 2. The molecule has 0 aliphatic carbocycles. The van der Waals surface area contributed by atoms with Gasteiger partial charge in [0.2, 0.25) is 5.91 Å². The Kier molecular flexibility index (Phi) is 5.59. The van der Waals surface area contributed by atoms with Crippen LogP contribution in [0.3, 0.4) is 0 Å². The number of halogens is 1. The van der Waals surface area contributed by atoms with Crippen molar-refractivity contribution in [2.24, 2.45) is 5.10 Å². The minimum Gasteiger partial charge on any atom is -0.497 e. The van der Waals surface area contributed by atoms with E-state index in [0.29, 0.717) is 29.3 Å². The molecule has 4 rings (SSSR count). The number of nitrogens with zero attached hydrogens (tertiary/aromatic N) is 3. The second kappa shape index (κ2) is 8.32. The second-order valence-corrected chi connectivity index (χ2v) is 7.35. The van der Waals surface area contributed by atoms with Gasteiger partial charge in [0.1, 0.15) is 22.2 Å². The third-order valence-electron chi connectivity index (χ3n) is 5.26. The first-order valence-corrected chi connectivity index (χ1v) is 10.1. The fourth-order valence-electron chi connectivity index (χ4n) is 3.67. The molecule has 0 N–H and O–H groups in total. The van der Waals surface area contributed by atoms with E-state index in [1.807, 2.05) is 55.5 Å². The first-order valence-electron chi connectivity index (χ1n) is 9.72. The molecule has 154 valence electrons. The van der Waals surface area contributed by atoms with Crippen LogP contribution >= 0.6 is 11.6 Å². The average molecular weight is 424 g/mol. The van der Waals surface area contributed by atoms with Gasteiger partial charge in [-0.25, -0.2) is 9.99 Å². The molecular formula is C23H22ClN3O3. The average Bonchev–Trinajstić information content (AvgIpc) is 3.23. The predicted molar refractivity (Wildman–Crippen MR) is 117 cm³/mol. The van der Waals surface area contributed by atoms with E-state index in [-0.39, 0.29) is 11.9 Å². The van der Waals surface area contributed by atoms with Gasteiger partial charge in [0.25, 0.3) is 0 Å². The number of para-hydroxylation sites is 1. The second-order valence-electron chi connectivity index (χ2n) is 6.99. The summed E-state index contributed by atoms with van der Waals surface area (Å²) >= 11 is 6.59. The lowest BCUT2D eigenvalue weighted by molar-refractivity contribution is -0.132. The molecule has 3 aromatic rings. The third kappa shape index (κ3) is 3.59. The molecule has 0 saturated heterocycles. The van der Waals surface area contributed by atoms with Gasteiger partial charge in [0.05, 0.1) is 26.0 Å². The largest absolute Gasteiger partial charge is 0.497 e. The molecular weight excluding hydrogens is 402 g/mol. The molecule has 0 unspecified atom stereocenters. The molecule has 1 atom stereocenters. The Balaban J connectivity index is 1.75. The van der Waals surface area contributed by atoms with Crippen molar-refractivity contribution in [2.75, 3.05) is 14.2 Å². The number of methoxy groups -OCH3 is 2. The summed E-state index contributed by atoms with van der Waals surface area (Å²) in [5, 5.41) is 7.43. The highest BCUT2D eigenvalue weighted by molar-refractivity contribution is 6.30. The number of carbonyl (C=O) groups excluding carboxylic acids is 1. The van der Waals surface area contributed by atoms with Crippen LogP contribution in [0, 0.1) is 0 Å². The minimum atomic E-state index is -0.315. The molecule has 0 spiro atoms. The molecule has 1 aromatic heterocycles. The number of hydrogen-bond acceptors (Lipinski definition) is 5. The molecule has 6 nitrogen and oxygen atoms in total.